The van der Waals surface area contributed by atoms with Crippen LogP contribution in [0.25, 0.3) is 0 Å². The molecule has 152 valence electrons. The maximum atomic E-state index is 13.9. The Balaban J connectivity index is 2.56. The van der Waals surface area contributed by atoms with E-state index in [0.29, 0.717) is 0 Å². The molecule has 0 radical (unpaired) electrons. The molecule has 2 heteroatoms. The Hall–Kier alpha value is -1.93. The quantitative estimate of drug-likeness (QED) is 0.275. The number of Topliss-reactive ketones (excluding diaryl/α,β-unsaturated/α-hetero) is 1. The standard InChI is InChI=1S/C26H38NO/c1-4-7-20-27(21-8-5-2,22-9-6-3)25(23-16-12-10-13-17-23)26(28)24-18-14-11-15-19-24/h10-19,25H,4-9,20-22H2,1-3H3/q+1. The van der Waals surface area contributed by atoms with Gasteiger partial charge in [0.2, 0.25) is 5.78 Å². The molecule has 2 rings (SSSR count). The van der Waals surface area contributed by atoms with Crippen molar-refractivity contribution in [2.75, 3.05) is 19.6 Å². The van der Waals surface area contributed by atoms with Crippen molar-refractivity contribution in [1.29, 1.82) is 0 Å². The SMILES string of the molecule is CCCC[N+](CCCC)(CCCC)C(C(=O)c1ccccc1)c1ccccc1. The lowest BCUT2D eigenvalue weighted by Gasteiger charge is -2.45. The minimum atomic E-state index is -0.117. The number of hydrogen-bond donors (Lipinski definition) is 0. The first-order chi connectivity index (χ1) is 13.7. The minimum absolute atomic E-state index is 0.117. The summed E-state index contributed by atoms with van der Waals surface area (Å²) < 4.78 is 0.896. The summed E-state index contributed by atoms with van der Waals surface area (Å²) in [5.74, 6) is 0.273. The predicted octanol–water partition coefficient (Wildman–Crippen LogP) is 6.83. The molecule has 0 N–H and O–H groups in total. The number of quaternary nitrogens is 1. The van der Waals surface area contributed by atoms with Crippen molar-refractivity contribution in [3.05, 3.63) is 71.8 Å². The molecule has 2 aromatic rings. The molecular weight excluding hydrogens is 342 g/mol. The lowest BCUT2D eigenvalue weighted by atomic mass is 9.92. The normalized spacial score (nSPS) is 12.7. The van der Waals surface area contributed by atoms with Crippen molar-refractivity contribution < 1.29 is 9.28 Å². The van der Waals surface area contributed by atoms with Crippen LogP contribution in [-0.2, 0) is 0 Å². The van der Waals surface area contributed by atoms with Gasteiger partial charge < -0.3 is 4.48 Å². The topological polar surface area (TPSA) is 17.1 Å². The van der Waals surface area contributed by atoms with Crippen LogP contribution in [0, 0.1) is 0 Å². The first kappa shape index (κ1) is 22.4. The molecule has 0 aliphatic rings. The van der Waals surface area contributed by atoms with E-state index in [4.69, 9.17) is 0 Å². The van der Waals surface area contributed by atoms with Crippen LogP contribution in [0.1, 0.15) is 81.3 Å². The molecule has 1 atom stereocenters. The summed E-state index contributed by atoms with van der Waals surface area (Å²) >= 11 is 0. The highest BCUT2D eigenvalue weighted by atomic mass is 16.1. The van der Waals surface area contributed by atoms with Crippen molar-refractivity contribution in [3.8, 4) is 0 Å². The number of nitrogens with zero attached hydrogens (tertiary/aromatic N) is 1. The zero-order valence-corrected chi connectivity index (χ0v) is 18.1. The van der Waals surface area contributed by atoms with Gasteiger partial charge in [-0.1, -0.05) is 101 Å². The number of ketones is 1. The molecular formula is C26H38NO+. The summed E-state index contributed by atoms with van der Waals surface area (Å²) in [6, 6.07) is 20.3. The van der Waals surface area contributed by atoms with Crippen molar-refractivity contribution in [1.82, 2.24) is 0 Å². The van der Waals surface area contributed by atoms with E-state index in [-0.39, 0.29) is 11.8 Å². The zero-order chi connectivity index (χ0) is 20.2. The van der Waals surface area contributed by atoms with Crippen LogP contribution >= 0.6 is 0 Å². The van der Waals surface area contributed by atoms with Crippen molar-refractivity contribution in [2.24, 2.45) is 0 Å². The molecule has 0 spiro atoms. The van der Waals surface area contributed by atoms with Gasteiger partial charge in [-0.3, -0.25) is 4.79 Å². The van der Waals surface area contributed by atoms with Gasteiger partial charge in [0, 0.05) is 11.1 Å². The minimum Gasteiger partial charge on any atom is -0.311 e. The Morgan fingerprint density at radius 3 is 1.57 bits per heavy atom. The van der Waals surface area contributed by atoms with E-state index in [1.165, 1.54) is 44.1 Å². The third-order valence-electron chi connectivity index (χ3n) is 5.84. The fraction of sp³-hybridized carbons (Fsp3) is 0.500. The largest absolute Gasteiger partial charge is 0.311 e. The average molecular weight is 381 g/mol. The summed E-state index contributed by atoms with van der Waals surface area (Å²) in [6.07, 6.45) is 6.99. The summed E-state index contributed by atoms with van der Waals surface area (Å²) in [5.41, 5.74) is 2.00. The molecule has 0 saturated heterocycles. The number of carbonyl (C=O) groups excluding carboxylic acids is 1. The molecule has 1 unspecified atom stereocenters. The van der Waals surface area contributed by atoms with Crippen LogP contribution in [0.2, 0.25) is 0 Å². The third-order valence-corrected chi connectivity index (χ3v) is 5.84. The Morgan fingerprint density at radius 2 is 1.14 bits per heavy atom. The van der Waals surface area contributed by atoms with E-state index < -0.39 is 0 Å². The highest BCUT2D eigenvalue weighted by Crippen LogP contribution is 2.34. The van der Waals surface area contributed by atoms with Crippen LogP contribution in [0.3, 0.4) is 0 Å². The van der Waals surface area contributed by atoms with Crippen LogP contribution in [0.4, 0.5) is 0 Å². The van der Waals surface area contributed by atoms with E-state index in [1.807, 2.05) is 36.4 Å². The smallest absolute Gasteiger partial charge is 0.224 e. The lowest BCUT2D eigenvalue weighted by molar-refractivity contribution is -0.948. The van der Waals surface area contributed by atoms with Crippen LogP contribution in [0.5, 0.6) is 0 Å². The highest BCUT2D eigenvalue weighted by Gasteiger charge is 2.42. The van der Waals surface area contributed by atoms with Gasteiger partial charge in [-0.15, -0.1) is 0 Å². The lowest BCUT2D eigenvalue weighted by Crippen LogP contribution is -2.55. The van der Waals surface area contributed by atoms with E-state index in [2.05, 4.69) is 45.0 Å². The summed E-state index contributed by atoms with van der Waals surface area (Å²) in [4.78, 5) is 13.9. The molecule has 0 aliphatic carbocycles. The van der Waals surface area contributed by atoms with Crippen molar-refractivity contribution in [2.45, 2.75) is 65.3 Å². The number of benzene rings is 2. The number of hydrogen-bond acceptors (Lipinski definition) is 1. The molecule has 0 fully saturated rings. The third kappa shape index (κ3) is 5.78. The number of rotatable bonds is 13. The van der Waals surface area contributed by atoms with Gasteiger partial charge in [0.1, 0.15) is 0 Å². The molecule has 28 heavy (non-hydrogen) atoms. The first-order valence-corrected chi connectivity index (χ1v) is 11.2. The maximum Gasteiger partial charge on any atom is 0.224 e. The Morgan fingerprint density at radius 1 is 0.714 bits per heavy atom. The highest BCUT2D eigenvalue weighted by molar-refractivity contribution is 6.00. The van der Waals surface area contributed by atoms with Crippen molar-refractivity contribution in [3.63, 3.8) is 0 Å². The summed E-state index contributed by atoms with van der Waals surface area (Å²) in [5, 5.41) is 0. The molecule has 0 amide bonds. The van der Waals surface area contributed by atoms with Gasteiger partial charge in [0.05, 0.1) is 19.6 Å². The molecule has 0 aromatic heterocycles. The van der Waals surface area contributed by atoms with Gasteiger partial charge in [-0.2, -0.15) is 0 Å². The monoisotopic (exact) mass is 380 g/mol. The van der Waals surface area contributed by atoms with E-state index in [1.54, 1.807) is 0 Å². The first-order valence-electron chi connectivity index (χ1n) is 11.2. The van der Waals surface area contributed by atoms with Gasteiger partial charge in [-0.05, 0) is 19.3 Å². The summed E-state index contributed by atoms with van der Waals surface area (Å²) in [6.45, 7) is 10.00. The van der Waals surface area contributed by atoms with E-state index in [0.717, 1.165) is 29.7 Å². The Kier molecular flexibility index (Phi) is 9.43. The van der Waals surface area contributed by atoms with Gasteiger partial charge in [0.25, 0.3) is 0 Å². The number of carbonyl (C=O) groups is 1. The second-order valence-electron chi connectivity index (χ2n) is 7.99. The molecule has 0 saturated carbocycles. The Labute approximate surface area is 172 Å². The van der Waals surface area contributed by atoms with E-state index in [9.17, 15) is 4.79 Å². The summed E-state index contributed by atoms with van der Waals surface area (Å²) in [7, 11) is 0. The van der Waals surface area contributed by atoms with Crippen molar-refractivity contribution >= 4 is 5.78 Å². The van der Waals surface area contributed by atoms with Crippen LogP contribution in [0.15, 0.2) is 60.7 Å². The van der Waals surface area contributed by atoms with Gasteiger partial charge in [0.15, 0.2) is 6.04 Å². The Bertz CT molecular complexity index is 658. The van der Waals surface area contributed by atoms with Crippen LogP contribution < -0.4 is 0 Å². The second kappa shape index (κ2) is 11.8. The fourth-order valence-electron chi connectivity index (χ4n) is 4.25. The average Bonchev–Trinajstić information content (AvgIpc) is 2.76. The zero-order valence-electron chi connectivity index (χ0n) is 18.1. The molecule has 0 bridgehead atoms. The number of unbranched alkanes of at least 4 members (excludes halogenated alkanes) is 3. The maximum absolute atomic E-state index is 13.9. The van der Waals surface area contributed by atoms with E-state index >= 15 is 0 Å². The second-order valence-corrected chi connectivity index (χ2v) is 7.99. The molecule has 0 aliphatic heterocycles. The molecule has 2 nitrogen and oxygen atoms in total. The predicted molar refractivity (Wildman–Crippen MR) is 120 cm³/mol. The molecule has 0 heterocycles. The fourth-order valence-corrected chi connectivity index (χ4v) is 4.25. The molecule has 2 aromatic carbocycles. The van der Waals surface area contributed by atoms with Gasteiger partial charge >= 0.3 is 0 Å². The van der Waals surface area contributed by atoms with Gasteiger partial charge in [-0.25, -0.2) is 0 Å². The van der Waals surface area contributed by atoms with Crippen LogP contribution in [-0.4, -0.2) is 29.9 Å².